The number of aryl methyl sites for hydroxylation is 3. The first-order valence-electron chi connectivity index (χ1n) is 8.71. The molecular formula is C20H26N2O4S. The van der Waals surface area contributed by atoms with E-state index in [1.165, 1.54) is 13.2 Å². The van der Waals surface area contributed by atoms with Gasteiger partial charge in [-0.1, -0.05) is 13.0 Å². The van der Waals surface area contributed by atoms with Gasteiger partial charge in [0.2, 0.25) is 15.9 Å². The van der Waals surface area contributed by atoms with Crippen LogP contribution in [0.4, 0.5) is 5.69 Å². The summed E-state index contributed by atoms with van der Waals surface area (Å²) >= 11 is 0. The number of sulfonamides is 1. The van der Waals surface area contributed by atoms with Crippen LogP contribution in [0.1, 0.15) is 23.6 Å². The SMILES string of the molecule is CCN(CC(=O)Nc1ccc(C)c(C)c1)S(=O)(=O)c1ccc(OC)c(C)c1. The van der Waals surface area contributed by atoms with Crippen molar-refractivity contribution in [3.05, 3.63) is 53.1 Å². The van der Waals surface area contributed by atoms with Crippen LogP contribution >= 0.6 is 0 Å². The molecular weight excluding hydrogens is 364 g/mol. The van der Waals surface area contributed by atoms with Crippen molar-refractivity contribution in [3.63, 3.8) is 0 Å². The molecule has 0 saturated carbocycles. The largest absolute Gasteiger partial charge is 0.496 e. The van der Waals surface area contributed by atoms with Gasteiger partial charge in [-0.3, -0.25) is 4.79 Å². The predicted molar refractivity (Wildman–Crippen MR) is 107 cm³/mol. The highest BCUT2D eigenvalue weighted by atomic mass is 32.2. The van der Waals surface area contributed by atoms with Gasteiger partial charge in [-0.25, -0.2) is 8.42 Å². The normalized spacial score (nSPS) is 11.5. The third kappa shape index (κ3) is 4.87. The van der Waals surface area contributed by atoms with E-state index in [0.29, 0.717) is 17.0 Å². The molecule has 1 N–H and O–H groups in total. The molecule has 0 heterocycles. The summed E-state index contributed by atoms with van der Waals surface area (Å²) in [7, 11) is -2.25. The molecule has 6 nitrogen and oxygen atoms in total. The summed E-state index contributed by atoms with van der Waals surface area (Å²) < 4.78 is 32.1. The minimum atomic E-state index is -3.78. The van der Waals surface area contributed by atoms with E-state index >= 15 is 0 Å². The number of benzene rings is 2. The number of methoxy groups -OCH3 is 1. The van der Waals surface area contributed by atoms with Crippen molar-refractivity contribution in [1.82, 2.24) is 4.31 Å². The van der Waals surface area contributed by atoms with Crippen molar-refractivity contribution < 1.29 is 17.9 Å². The molecule has 1 amide bonds. The first kappa shape index (κ1) is 20.9. The van der Waals surface area contributed by atoms with Crippen molar-refractivity contribution in [2.45, 2.75) is 32.6 Å². The molecule has 27 heavy (non-hydrogen) atoms. The summed E-state index contributed by atoms with van der Waals surface area (Å²) in [5.74, 6) is 0.235. The van der Waals surface area contributed by atoms with E-state index in [9.17, 15) is 13.2 Å². The zero-order valence-electron chi connectivity index (χ0n) is 16.4. The average Bonchev–Trinajstić information content (AvgIpc) is 2.62. The average molecular weight is 391 g/mol. The number of nitrogens with zero attached hydrogens (tertiary/aromatic N) is 1. The number of rotatable bonds is 7. The molecule has 0 unspecified atom stereocenters. The van der Waals surface area contributed by atoms with Crippen LogP contribution in [0.15, 0.2) is 41.3 Å². The molecule has 0 atom stereocenters. The van der Waals surface area contributed by atoms with E-state index in [2.05, 4.69) is 5.32 Å². The number of hydrogen-bond acceptors (Lipinski definition) is 4. The standard InChI is InChI=1S/C20H26N2O4S/c1-6-22(13-20(23)21-17-8-7-14(2)15(3)11-17)27(24,25)18-9-10-19(26-5)16(4)12-18/h7-12H,6,13H2,1-5H3,(H,21,23). The Morgan fingerprint density at radius 1 is 1.04 bits per heavy atom. The van der Waals surface area contributed by atoms with E-state index in [-0.39, 0.29) is 23.9 Å². The molecule has 2 rings (SSSR count). The Kier molecular flexibility index (Phi) is 6.62. The van der Waals surface area contributed by atoms with Gasteiger partial charge in [0, 0.05) is 12.2 Å². The number of ether oxygens (including phenoxy) is 1. The smallest absolute Gasteiger partial charge is 0.243 e. The highest BCUT2D eigenvalue weighted by Gasteiger charge is 2.26. The first-order valence-corrected chi connectivity index (χ1v) is 10.1. The number of hydrogen-bond donors (Lipinski definition) is 1. The van der Waals surface area contributed by atoms with Crippen LogP contribution < -0.4 is 10.1 Å². The number of carbonyl (C=O) groups is 1. The molecule has 0 saturated heterocycles. The Bertz CT molecular complexity index is 939. The molecule has 0 aliphatic heterocycles. The fraction of sp³-hybridized carbons (Fsp3) is 0.350. The zero-order valence-corrected chi connectivity index (χ0v) is 17.2. The number of amides is 1. The van der Waals surface area contributed by atoms with E-state index < -0.39 is 10.0 Å². The Balaban J connectivity index is 2.18. The van der Waals surface area contributed by atoms with Gasteiger partial charge in [-0.05, 0) is 67.8 Å². The fourth-order valence-electron chi connectivity index (χ4n) is 2.71. The van der Waals surface area contributed by atoms with Crippen molar-refractivity contribution in [2.24, 2.45) is 0 Å². The van der Waals surface area contributed by atoms with E-state index in [0.717, 1.165) is 15.4 Å². The summed E-state index contributed by atoms with van der Waals surface area (Å²) in [5.41, 5.74) is 3.55. The van der Waals surface area contributed by atoms with Gasteiger partial charge in [-0.2, -0.15) is 4.31 Å². The predicted octanol–water partition coefficient (Wildman–Crippen LogP) is 3.27. The lowest BCUT2D eigenvalue weighted by atomic mass is 10.1. The number of carbonyl (C=O) groups excluding carboxylic acids is 1. The lowest BCUT2D eigenvalue weighted by Gasteiger charge is -2.21. The van der Waals surface area contributed by atoms with Gasteiger partial charge in [0.1, 0.15) is 5.75 Å². The summed E-state index contributed by atoms with van der Waals surface area (Å²) in [6.07, 6.45) is 0. The van der Waals surface area contributed by atoms with Gasteiger partial charge >= 0.3 is 0 Å². The molecule has 0 aliphatic rings. The topological polar surface area (TPSA) is 75.7 Å². The molecule has 0 spiro atoms. The second kappa shape index (κ2) is 8.54. The lowest BCUT2D eigenvalue weighted by Crippen LogP contribution is -2.37. The summed E-state index contributed by atoms with van der Waals surface area (Å²) in [5, 5.41) is 2.76. The lowest BCUT2D eigenvalue weighted by molar-refractivity contribution is -0.116. The maximum Gasteiger partial charge on any atom is 0.243 e. The highest BCUT2D eigenvalue weighted by molar-refractivity contribution is 7.89. The monoisotopic (exact) mass is 390 g/mol. The van der Waals surface area contributed by atoms with Crippen LogP contribution in [0.3, 0.4) is 0 Å². The molecule has 146 valence electrons. The Morgan fingerprint density at radius 2 is 1.74 bits per heavy atom. The number of anilines is 1. The van der Waals surface area contributed by atoms with Gasteiger partial charge in [0.15, 0.2) is 0 Å². The maximum absolute atomic E-state index is 12.9. The Hall–Kier alpha value is -2.38. The number of likely N-dealkylation sites (N-methyl/N-ethyl adjacent to an activating group) is 1. The zero-order chi connectivity index (χ0) is 20.2. The van der Waals surface area contributed by atoms with Crippen LogP contribution in [-0.4, -0.2) is 38.8 Å². The van der Waals surface area contributed by atoms with E-state index in [1.54, 1.807) is 32.0 Å². The second-order valence-corrected chi connectivity index (χ2v) is 8.35. The summed E-state index contributed by atoms with van der Waals surface area (Å²) in [4.78, 5) is 12.5. The summed E-state index contributed by atoms with van der Waals surface area (Å²) in [6, 6.07) is 10.2. The van der Waals surface area contributed by atoms with Crippen molar-refractivity contribution in [3.8, 4) is 5.75 Å². The van der Waals surface area contributed by atoms with E-state index in [4.69, 9.17) is 4.74 Å². The van der Waals surface area contributed by atoms with Gasteiger partial charge < -0.3 is 10.1 Å². The van der Waals surface area contributed by atoms with Gasteiger partial charge in [-0.15, -0.1) is 0 Å². The Morgan fingerprint density at radius 3 is 2.30 bits per heavy atom. The first-order chi connectivity index (χ1) is 12.7. The molecule has 0 aromatic heterocycles. The van der Waals surface area contributed by atoms with Crippen LogP contribution in [0.2, 0.25) is 0 Å². The van der Waals surface area contributed by atoms with Crippen LogP contribution in [0.25, 0.3) is 0 Å². The maximum atomic E-state index is 12.9. The molecule has 0 aliphatic carbocycles. The number of nitrogens with one attached hydrogen (secondary N) is 1. The molecule has 2 aromatic rings. The highest BCUT2D eigenvalue weighted by Crippen LogP contribution is 2.24. The van der Waals surface area contributed by atoms with Gasteiger partial charge in [0.05, 0.1) is 18.6 Å². The summed E-state index contributed by atoms with van der Waals surface area (Å²) in [6.45, 7) is 7.37. The van der Waals surface area contributed by atoms with Crippen LogP contribution in [0, 0.1) is 20.8 Å². The van der Waals surface area contributed by atoms with Crippen molar-refractivity contribution in [1.29, 1.82) is 0 Å². The van der Waals surface area contributed by atoms with Gasteiger partial charge in [0.25, 0.3) is 0 Å². The van der Waals surface area contributed by atoms with Crippen molar-refractivity contribution in [2.75, 3.05) is 25.5 Å². The van der Waals surface area contributed by atoms with E-state index in [1.807, 2.05) is 26.0 Å². The third-order valence-electron chi connectivity index (χ3n) is 4.47. The fourth-order valence-corrected chi connectivity index (χ4v) is 4.20. The van der Waals surface area contributed by atoms with Crippen LogP contribution in [0.5, 0.6) is 5.75 Å². The second-order valence-electron chi connectivity index (χ2n) is 6.41. The Labute approximate surface area is 161 Å². The molecule has 2 aromatic carbocycles. The molecule has 0 bridgehead atoms. The quantitative estimate of drug-likeness (QED) is 0.787. The third-order valence-corrected chi connectivity index (χ3v) is 6.38. The van der Waals surface area contributed by atoms with Crippen LogP contribution in [-0.2, 0) is 14.8 Å². The van der Waals surface area contributed by atoms with Crippen molar-refractivity contribution >= 4 is 21.6 Å². The molecule has 0 radical (unpaired) electrons. The molecule has 7 heteroatoms. The minimum Gasteiger partial charge on any atom is -0.496 e. The molecule has 0 fully saturated rings. The minimum absolute atomic E-state index is 0.140.